The first kappa shape index (κ1) is 60.1. The molecule has 0 aliphatic heterocycles. The first-order valence-corrected chi connectivity index (χ1v) is 25.0. The van der Waals surface area contributed by atoms with Crippen molar-refractivity contribution in [2.45, 2.75) is 160 Å². The van der Waals surface area contributed by atoms with Crippen LogP contribution < -0.4 is 25.4 Å². The van der Waals surface area contributed by atoms with Crippen LogP contribution in [0.2, 0.25) is 0 Å². The van der Waals surface area contributed by atoms with Gasteiger partial charge in [0.2, 0.25) is 0 Å². The van der Waals surface area contributed by atoms with E-state index < -0.39 is 53.2 Å². The van der Waals surface area contributed by atoms with E-state index >= 15 is 0 Å². The number of amides is 1. The molecule has 2 saturated carbocycles. The van der Waals surface area contributed by atoms with Crippen LogP contribution in [0.4, 0.5) is 31.1 Å². The first-order chi connectivity index (χ1) is 34.1. The van der Waals surface area contributed by atoms with Crippen molar-refractivity contribution in [1.82, 2.24) is 16.0 Å². The van der Waals surface area contributed by atoms with Gasteiger partial charge in [0.1, 0.15) is 11.5 Å². The van der Waals surface area contributed by atoms with Crippen molar-refractivity contribution in [3.05, 3.63) is 58.7 Å². The SMILES string of the molecule is C[C@@]12CCC[C@](C)(C(=O)O)[C@H]1CCc1ccc(OC(=O)CCCNCCCCCCNCCCNC(=O)Oc3ccc4c(c3)[C@@]3(C)CCC[C@](C)(C(=O)O)[C@@H]3CC4)cc12.O=C(O)C(F)(F)F.O=C(O)C(F)(F)F. The van der Waals surface area contributed by atoms with E-state index in [2.05, 4.69) is 35.9 Å². The van der Waals surface area contributed by atoms with Crippen molar-refractivity contribution in [3.8, 4) is 11.5 Å². The van der Waals surface area contributed by atoms with Gasteiger partial charge in [-0.2, -0.15) is 26.3 Å². The molecule has 7 N–H and O–H groups in total. The lowest BCUT2D eigenvalue weighted by Crippen LogP contribution is -2.52. The molecule has 2 aromatic rings. The molecule has 21 heteroatoms. The molecule has 1 amide bonds. The summed E-state index contributed by atoms with van der Waals surface area (Å²) < 4.78 is 74.9. The van der Waals surface area contributed by atoms with Crippen molar-refractivity contribution >= 4 is 35.9 Å². The molecule has 73 heavy (non-hydrogen) atoms. The number of fused-ring (bicyclic) bond motifs is 6. The maximum absolute atomic E-state index is 12.7. The Balaban J connectivity index is 0.000000722. The summed E-state index contributed by atoms with van der Waals surface area (Å²) in [4.78, 5) is 67.7. The van der Waals surface area contributed by atoms with Crippen LogP contribution in [0.1, 0.15) is 146 Å². The maximum atomic E-state index is 12.7. The molecule has 0 saturated heterocycles. The van der Waals surface area contributed by atoms with Crippen molar-refractivity contribution < 1.29 is 85.0 Å². The van der Waals surface area contributed by atoms with Crippen LogP contribution in [-0.4, -0.2) is 101 Å². The highest BCUT2D eigenvalue weighted by atomic mass is 19.4. The van der Waals surface area contributed by atoms with Gasteiger partial charge in [-0.1, -0.05) is 51.7 Å². The quantitative estimate of drug-likeness (QED) is 0.0300. The van der Waals surface area contributed by atoms with Crippen LogP contribution in [-0.2, 0) is 47.6 Å². The van der Waals surface area contributed by atoms with E-state index in [1.54, 1.807) is 0 Å². The van der Waals surface area contributed by atoms with Gasteiger partial charge in [0.25, 0.3) is 0 Å². The molecule has 2 aromatic carbocycles. The van der Waals surface area contributed by atoms with Gasteiger partial charge in [-0.25, -0.2) is 14.4 Å². The Morgan fingerprint density at radius 3 is 1.37 bits per heavy atom. The van der Waals surface area contributed by atoms with Crippen molar-refractivity contribution in [1.29, 1.82) is 0 Å². The maximum Gasteiger partial charge on any atom is 0.490 e. The Bertz CT molecular complexity index is 2110. The minimum absolute atomic E-state index is 0.0514. The van der Waals surface area contributed by atoms with Gasteiger partial charge >= 0.3 is 48.3 Å². The summed E-state index contributed by atoms with van der Waals surface area (Å²) in [6.45, 7) is 12.2. The fraction of sp³-hybridized carbons (Fsp3) is 0.654. The van der Waals surface area contributed by atoms with Crippen molar-refractivity contribution in [3.63, 3.8) is 0 Å². The summed E-state index contributed by atoms with van der Waals surface area (Å²) >= 11 is 0. The standard InChI is InChI=1S/C48H69N3O8.2C2HF3O2/c1-45-22-10-24-47(3,42(53)54)39(45)20-16-33-14-18-35(31-37(33)45)58-41(52)13-9-28-49-26-7-5-6-8-27-50-29-12-30-51-44(57)59-36-19-15-34-17-21-40-46(2,38(34)32-36)23-11-25-48(40,4)43(55)56;2*3-2(4,5)1(6)7/h14-15,18-19,31-32,39-40,49-50H,5-13,16-17,20-30H2,1-4H3,(H,51,57)(H,53,54)(H,55,56);2*(H,6,7)/t39-,40+,45-,46+,47-,48-;;/m0../s1. The van der Waals surface area contributed by atoms with Crippen LogP contribution in [0.15, 0.2) is 36.4 Å². The molecule has 6 rings (SSSR count). The number of halogens is 6. The third-order valence-corrected chi connectivity index (χ3v) is 15.6. The highest BCUT2D eigenvalue weighted by molar-refractivity contribution is 5.77. The normalized spacial score (nSPS) is 25.0. The number of unbranched alkanes of at least 4 members (excludes halogenated alkanes) is 3. The number of hydrogen-bond acceptors (Lipinski definition) is 10. The molecule has 4 aliphatic rings. The van der Waals surface area contributed by atoms with E-state index in [0.29, 0.717) is 43.7 Å². The fourth-order valence-electron chi connectivity index (χ4n) is 11.7. The smallest absolute Gasteiger partial charge is 0.481 e. The van der Waals surface area contributed by atoms with Gasteiger partial charge in [-0.05, 0) is 186 Å². The van der Waals surface area contributed by atoms with Crippen molar-refractivity contribution in [2.24, 2.45) is 22.7 Å². The Hall–Kier alpha value is -5.44. The topological polar surface area (TPSA) is 238 Å². The number of ether oxygens (including phenoxy) is 2. The fourth-order valence-corrected chi connectivity index (χ4v) is 11.7. The van der Waals surface area contributed by atoms with E-state index in [-0.39, 0.29) is 28.6 Å². The second-order valence-electron chi connectivity index (χ2n) is 20.6. The second kappa shape index (κ2) is 25.7. The third kappa shape index (κ3) is 15.8. The van der Waals surface area contributed by atoms with Crippen LogP contribution in [0.5, 0.6) is 11.5 Å². The minimum atomic E-state index is -5.08. The number of carboxylic acids is 4. The summed E-state index contributed by atoms with van der Waals surface area (Å²) in [7, 11) is 0. The molecule has 4 aliphatic carbocycles. The van der Waals surface area contributed by atoms with Crippen molar-refractivity contribution in [2.75, 3.05) is 32.7 Å². The number of aryl methyl sites for hydroxylation is 2. The van der Waals surface area contributed by atoms with Crippen LogP contribution in [0, 0.1) is 22.7 Å². The number of alkyl halides is 6. The molecule has 6 atom stereocenters. The minimum Gasteiger partial charge on any atom is -0.481 e. The van der Waals surface area contributed by atoms with Crippen LogP contribution >= 0.6 is 0 Å². The zero-order valence-electron chi connectivity index (χ0n) is 42.0. The lowest BCUT2D eigenvalue weighted by Gasteiger charge is -2.53. The first-order valence-electron chi connectivity index (χ1n) is 25.0. The summed E-state index contributed by atoms with van der Waals surface area (Å²) in [5.74, 6) is -5.99. The third-order valence-electron chi connectivity index (χ3n) is 15.6. The summed E-state index contributed by atoms with van der Waals surface area (Å²) in [6.07, 6.45) is 4.14. The molecule has 2 fully saturated rings. The Labute approximate surface area is 421 Å². The number of rotatable bonds is 19. The zero-order chi connectivity index (χ0) is 54.4. The number of carbonyl (C=O) groups is 6. The molecule has 0 heterocycles. The number of carboxylic acid groups (broad SMARTS) is 4. The van der Waals surface area contributed by atoms with Gasteiger partial charge in [0, 0.05) is 13.0 Å². The number of benzene rings is 2. The lowest BCUT2D eigenvalue weighted by atomic mass is 9.50. The molecular weight excluding hydrogens is 973 g/mol. The van der Waals surface area contributed by atoms with E-state index in [1.165, 1.54) is 11.1 Å². The molecular formula is C52H71F6N3O12. The predicted molar refractivity (Wildman–Crippen MR) is 255 cm³/mol. The molecule has 0 radical (unpaired) electrons. The Kier molecular flexibility index (Phi) is 21.1. The van der Waals surface area contributed by atoms with E-state index in [1.807, 2.05) is 44.2 Å². The van der Waals surface area contributed by atoms with Gasteiger partial charge in [0.05, 0.1) is 10.8 Å². The number of aliphatic carboxylic acids is 4. The van der Waals surface area contributed by atoms with Crippen LogP contribution in [0.3, 0.4) is 0 Å². The number of hydrogen-bond donors (Lipinski definition) is 7. The van der Waals surface area contributed by atoms with E-state index in [0.717, 1.165) is 121 Å². The highest BCUT2D eigenvalue weighted by Crippen LogP contribution is 2.59. The molecule has 0 unspecified atom stereocenters. The zero-order valence-corrected chi connectivity index (χ0v) is 42.0. The lowest BCUT2D eigenvalue weighted by molar-refractivity contribution is -0.193. The number of esters is 1. The average molecular weight is 1040 g/mol. The highest BCUT2D eigenvalue weighted by Gasteiger charge is 2.56. The van der Waals surface area contributed by atoms with Crippen LogP contribution in [0.25, 0.3) is 0 Å². The Morgan fingerprint density at radius 2 is 0.959 bits per heavy atom. The van der Waals surface area contributed by atoms with Gasteiger partial charge in [-0.15, -0.1) is 0 Å². The Morgan fingerprint density at radius 1 is 0.562 bits per heavy atom. The summed E-state index contributed by atoms with van der Waals surface area (Å²) in [6, 6.07) is 11.8. The van der Waals surface area contributed by atoms with Gasteiger partial charge in [-0.3, -0.25) is 14.4 Å². The molecule has 0 bridgehead atoms. The van der Waals surface area contributed by atoms with Gasteiger partial charge in [0.15, 0.2) is 0 Å². The molecule has 0 spiro atoms. The van der Waals surface area contributed by atoms with Gasteiger partial charge < -0.3 is 45.9 Å². The number of nitrogens with one attached hydrogen (secondary N) is 3. The summed E-state index contributed by atoms with van der Waals surface area (Å²) in [5, 5.41) is 44.2. The summed E-state index contributed by atoms with van der Waals surface area (Å²) in [5.41, 5.74) is 2.80. The molecule has 15 nitrogen and oxygen atoms in total. The van der Waals surface area contributed by atoms with E-state index in [4.69, 9.17) is 29.3 Å². The average Bonchev–Trinajstić information content (AvgIpc) is 3.30. The monoisotopic (exact) mass is 1040 g/mol. The van der Waals surface area contributed by atoms with E-state index in [9.17, 15) is 55.7 Å². The number of carbonyl (C=O) groups excluding carboxylic acids is 2. The largest absolute Gasteiger partial charge is 0.490 e. The predicted octanol–water partition coefficient (Wildman–Crippen LogP) is 9.75. The second-order valence-corrected chi connectivity index (χ2v) is 20.6. The molecule has 0 aromatic heterocycles. The molecule has 408 valence electrons.